The predicted molar refractivity (Wildman–Crippen MR) is 88.5 cm³/mol. The summed E-state index contributed by atoms with van der Waals surface area (Å²) < 4.78 is 27.7. The molecule has 0 bridgehead atoms. The maximum atomic E-state index is 12.5. The van der Waals surface area contributed by atoms with E-state index in [0.29, 0.717) is 17.1 Å². The molecule has 0 heterocycles. The Morgan fingerprint density at radius 3 is 2.33 bits per heavy atom. The first kappa shape index (κ1) is 18.7. The van der Waals surface area contributed by atoms with Crippen molar-refractivity contribution < 1.29 is 8.42 Å². The third-order valence-electron chi connectivity index (χ3n) is 3.60. The van der Waals surface area contributed by atoms with Gasteiger partial charge < -0.3 is 5.32 Å². The molecule has 21 heavy (non-hydrogen) atoms. The fraction of sp³-hybridized carbons (Fsp3) is 0.571. The largest absolute Gasteiger partial charge is 0.316 e. The summed E-state index contributed by atoms with van der Waals surface area (Å²) in [6.45, 7) is 6.35. The molecule has 0 aliphatic rings. The van der Waals surface area contributed by atoms with Crippen LogP contribution >= 0.6 is 23.2 Å². The quantitative estimate of drug-likeness (QED) is 0.790. The van der Waals surface area contributed by atoms with Gasteiger partial charge in [0.1, 0.15) is 4.90 Å². The second-order valence-corrected chi connectivity index (χ2v) is 7.70. The molecule has 0 spiro atoms. The fourth-order valence-corrected chi connectivity index (χ4v) is 4.10. The van der Waals surface area contributed by atoms with Crippen molar-refractivity contribution in [2.75, 3.05) is 7.05 Å². The lowest BCUT2D eigenvalue weighted by molar-refractivity contribution is 0.434. The highest BCUT2D eigenvalue weighted by atomic mass is 35.5. The van der Waals surface area contributed by atoms with Crippen LogP contribution in [0.2, 0.25) is 10.0 Å². The molecule has 0 fully saturated rings. The van der Waals surface area contributed by atoms with E-state index in [9.17, 15) is 8.42 Å². The van der Waals surface area contributed by atoms with Crippen molar-refractivity contribution in [2.45, 2.75) is 44.7 Å². The van der Waals surface area contributed by atoms with Gasteiger partial charge in [-0.2, -0.15) is 0 Å². The number of hydrogen-bond acceptors (Lipinski definition) is 3. The van der Waals surface area contributed by atoms with Crippen LogP contribution in [0.1, 0.15) is 32.8 Å². The number of halogens is 2. The minimum atomic E-state index is -3.67. The van der Waals surface area contributed by atoms with Crippen LogP contribution in [0.3, 0.4) is 0 Å². The molecule has 2 atom stereocenters. The van der Waals surface area contributed by atoms with Crippen LogP contribution in [0.5, 0.6) is 0 Å². The summed E-state index contributed by atoms with van der Waals surface area (Å²) >= 11 is 12.1. The summed E-state index contributed by atoms with van der Waals surface area (Å²) in [7, 11) is -1.91. The molecule has 120 valence electrons. The molecule has 7 heteroatoms. The van der Waals surface area contributed by atoms with E-state index in [0.717, 1.165) is 6.42 Å². The van der Waals surface area contributed by atoms with Gasteiger partial charge in [-0.1, -0.05) is 43.5 Å². The van der Waals surface area contributed by atoms with Gasteiger partial charge >= 0.3 is 0 Å². The van der Waals surface area contributed by atoms with Crippen molar-refractivity contribution in [2.24, 2.45) is 5.92 Å². The minimum absolute atomic E-state index is 0.0639. The summed E-state index contributed by atoms with van der Waals surface area (Å²) in [5, 5.41) is 3.52. The van der Waals surface area contributed by atoms with E-state index < -0.39 is 10.0 Å². The monoisotopic (exact) mass is 352 g/mol. The lowest BCUT2D eigenvalue weighted by Gasteiger charge is -2.20. The van der Waals surface area contributed by atoms with Crippen molar-refractivity contribution in [3.63, 3.8) is 0 Å². The Labute approximate surface area is 137 Å². The first-order valence-corrected chi connectivity index (χ1v) is 9.11. The number of benzene rings is 1. The predicted octanol–water partition coefficient (Wildman–Crippen LogP) is 3.43. The van der Waals surface area contributed by atoms with Gasteiger partial charge in [0, 0.05) is 17.6 Å². The second-order valence-electron chi connectivity index (χ2n) is 5.20. The third-order valence-corrected chi connectivity index (χ3v) is 5.97. The van der Waals surface area contributed by atoms with Gasteiger partial charge in [0.15, 0.2) is 0 Å². The van der Waals surface area contributed by atoms with Gasteiger partial charge in [-0.3, -0.25) is 0 Å². The van der Waals surface area contributed by atoms with E-state index in [2.05, 4.69) is 10.0 Å². The van der Waals surface area contributed by atoms with Crippen molar-refractivity contribution in [1.82, 2.24) is 10.0 Å². The molecule has 2 unspecified atom stereocenters. The van der Waals surface area contributed by atoms with E-state index in [1.165, 1.54) is 12.1 Å². The van der Waals surface area contributed by atoms with Crippen LogP contribution in [0.4, 0.5) is 0 Å². The highest BCUT2D eigenvalue weighted by Gasteiger charge is 2.24. The standard InChI is InChI=1S/C14H22Cl2N2O2S/c1-5-9(2)10(3)18-21(19,20)14-6-11(8-17-4)12(15)7-13(14)16/h6-7,9-10,17-18H,5,8H2,1-4H3. The molecule has 0 amide bonds. The average Bonchev–Trinajstić information content (AvgIpc) is 2.40. The Kier molecular flexibility index (Phi) is 6.94. The van der Waals surface area contributed by atoms with Crippen LogP contribution in [0.25, 0.3) is 0 Å². The lowest BCUT2D eigenvalue weighted by atomic mass is 10.0. The molecule has 4 nitrogen and oxygen atoms in total. The van der Waals surface area contributed by atoms with Crippen LogP contribution in [0, 0.1) is 5.92 Å². The van der Waals surface area contributed by atoms with Gasteiger partial charge in [0.25, 0.3) is 0 Å². The van der Waals surface area contributed by atoms with Gasteiger partial charge in [0.2, 0.25) is 10.0 Å². The van der Waals surface area contributed by atoms with E-state index in [4.69, 9.17) is 23.2 Å². The Morgan fingerprint density at radius 2 is 1.81 bits per heavy atom. The maximum Gasteiger partial charge on any atom is 0.242 e. The van der Waals surface area contributed by atoms with E-state index in [-0.39, 0.29) is 21.9 Å². The third kappa shape index (κ3) is 4.83. The van der Waals surface area contributed by atoms with Gasteiger partial charge in [-0.15, -0.1) is 0 Å². The summed E-state index contributed by atoms with van der Waals surface area (Å²) in [4.78, 5) is 0.0639. The van der Waals surface area contributed by atoms with E-state index >= 15 is 0 Å². The normalized spacial score (nSPS) is 15.0. The molecule has 0 aliphatic heterocycles. The molecule has 0 saturated heterocycles. The summed E-state index contributed by atoms with van der Waals surface area (Å²) in [6, 6.07) is 2.82. The van der Waals surface area contributed by atoms with Crippen LogP contribution < -0.4 is 10.0 Å². The minimum Gasteiger partial charge on any atom is -0.316 e. The van der Waals surface area contributed by atoms with E-state index in [1.54, 1.807) is 7.05 Å². The molecule has 0 aromatic heterocycles. The zero-order valence-electron chi connectivity index (χ0n) is 12.7. The molecule has 1 rings (SSSR count). The highest BCUT2D eigenvalue weighted by Crippen LogP contribution is 2.29. The van der Waals surface area contributed by atoms with Crippen molar-refractivity contribution in [3.05, 3.63) is 27.7 Å². The van der Waals surface area contributed by atoms with Crippen molar-refractivity contribution >= 4 is 33.2 Å². The lowest BCUT2D eigenvalue weighted by Crippen LogP contribution is -2.37. The number of nitrogens with one attached hydrogen (secondary N) is 2. The molecule has 0 aliphatic carbocycles. The SMILES string of the molecule is CCC(C)C(C)NS(=O)(=O)c1cc(CNC)c(Cl)cc1Cl. The van der Waals surface area contributed by atoms with Crippen LogP contribution in [-0.4, -0.2) is 21.5 Å². The Balaban J connectivity index is 3.16. The number of hydrogen-bond donors (Lipinski definition) is 2. The summed E-state index contributed by atoms with van der Waals surface area (Å²) in [6.07, 6.45) is 0.892. The summed E-state index contributed by atoms with van der Waals surface area (Å²) in [5.41, 5.74) is 0.695. The topological polar surface area (TPSA) is 58.2 Å². The highest BCUT2D eigenvalue weighted by molar-refractivity contribution is 7.89. The summed E-state index contributed by atoms with van der Waals surface area (Å²) in [5.74, 6) is 0.239. The van der Waals surface area contributed by atoms with Gasteiger partial charge in [-0.05, 0) is 37.6 Å². The van der Waals surface area contributed by atoms with E-state index in [1.807, 2.05) is 20.8 Å². The van der Waals surface area contributed by atoms with Crippen molar-refractivity contribution in [3.8, 4) is 0 Å². The van der Waals surface area contributed by atoms with Crippen LogP contribution in [0.15, 0.2) is 17.0 Å². The fourth-order valence-electron chi connectivity index (χ4n) is 1.88. The van der Waals surface area contributed by atoms with Crippen molar-refractivity contribution in [1.29, 1.82) is 0 Å². The molecular weight excluding hydrogens is 331 g/mol. The van der Waals surface area contributed by atoms with Gasteiger partial charge in [-0.25, -0.2) is 13.1 Å². The second kappa shape index (κ2) is 7.79. The number of sulfonamides is 1. The average molecular weight is 353 g/mol. The first-order valence-electron chi connectivity index (χ1n) is 6.87. The molecule has 0 radical (unpaired) electrons. The molecule has 1 aromatic carbocycles. The first-order chi connectivity index (χ1) is 9.72. The Morgan fingerprint density at radius 1 is 1.19 bits per heavy atom. The molecule has 1 aromatic rings. The molecule has 0 saturated carbocycles. The Bertz CT molecular complexity index is 591. The number of rotatable bonds is 7. The van der Waals surface area contributed by atoms with Crippen LogP contribution in [-0.2, 0) is 16.6 Å². The zero-order chi connectivity index (χ0) is 16.2. The molecule has 2 N–H and O–H groups in total. The Hall–Kier alpha value is -0.330. The maximum absolute atomic E-state index is 12.5. The molecular formula is C14H22Cl2N2O2S. The smallest absolute Gasteiger partial charge is 0.242 e. The zero-order valence-corrected chi connectivity index (χ0v) is 15.0. The van der Waals surface area contributed by atoms with Gasteiger partial charge in [0.05, 0.1) is 5.02 Å².